The molecule has 0 radical (unpaired) electrons. The van der Waals surface area contributed by atoms with Crippen molar-refractivity contribution in [3.8, 4) is 34.3 Å². The van der Waals surface area contributed by atoms with Gasteiger partial charge in [-0.05, 0) is 48.1 Å². The minimum atomic E-state index is -0.0591. The Morgan fingerprint density at radius 1 is 1.11 bits per heavy atom. The van der Waals surface area contributed by atoms with Gasteiger partial charge < -0.3 is 52.0 Å². The number of amides is 3. The second kappa shape index (κ2) is 14.4. The van der Waals surface area contributed by atoms with Gasteiger partial charge in [0, 0.05) is 36.5 Å². The number of pyridine rings is 1. The molecule has 46 heavy (non-hydrogen) atoms. The molecule has 11 nitrogen and oxygen atoms in total. The zero-order valence-electron chi connectivity index (χ0n) is 25.8. The number of aryl methyl sites for hydroxylation is 2. The van der Waals surface area contributed by atoms with Crippen LogP contribution in [-0.4, -0.2) is 75.3 Å². The number of carbonyl (C=O) groups excluding carboxylic acids is 2. The highest BCUT2D eigenvalue weighted by atomic mass is 35.5. The largest absolute Gasteiger partial charge is 1.00 e. The van der Waals surface area contributed by atoms with Gasteiger partial charge in [-0.25, -0.2) is 4.79 Å². The number of benzene rings is 2. The van der Waals surface area contributed by atoms with Crippen LogP contribution < -0.4 is 51.9 Å². The number of nitrogens with zero attached hydrogens (tertiary/aromatic N) is 1. The lowest BCUT2D eigenvalue weighted by atomic mass is 9.95. The van der Waals surface area contributed by atoms with Crippen LogP contribution in [0.25, 0.3) is 22.0 Å². The van der Waals surface area contributed by atoms with Gasteiger partial charge in [0.1, 0.15) is 6.61 Å². The minimum Gasteiger partial charge on any atom is -1.00 e. The standard InChI is InChI=1S/C33H38N4O7S.ClH/c1-40-26-7-6-20-14-25-22-16-28-27(43-19-44-28)15-21(22)8-10-37(25)17-23(20)32(26)42-13-12-41-11-9-34-30(38)5-3-2-4-29-31-24(18-45-29)35-33(39)36-31;/h6-7,14-17,24,29,31H,2-5,8-13,18-19H2,1H3,(H2-,34,35,36,38,39);1H/t24-,29-,31-;/m0./s1. The van der Waals surface area contributed by atoms with E-state index in [1.807, 2.05) is 17.8 Å². The van der Waals surface area contributed by atoms with E-state index >= 15 is 0 Å². The smallest absolute Gasteiger partial charge is 0.315 e. The topological polar surface area (TPSA) is 120 Å². The van der Waals surface area contributed by atoms with Crippen molar-refractivity contribution < 1.29 is 50.2 Å². The second-order valence-electron chi connectivity index (χ2n) is 11.7. The zero-order valence-corrected chi connectivity index (χ0v) is 27.3. The Hall–Kier alpha value is -3.61. The first kappa shape index (κ1) is 32.3. The molecule has 2 fully saturated rings. The SMILES string of the molecule is COc1ccc2cc3[n+](cc2c1OCCOCCNC(=O)CCCC[C@@H]1SC[C@@H]2NC(=O)N[C@@H]21)CCc1cc2c(cc1-3)OCO2.[Cl-]. The van der Waals surface area contributed by atoms with Crippen LogP contribution in [0.2, 0.25) is 0 Å². The van der Waals surface area contributed by atoms with Gasteiger partial charge in [0.2, 0.25) is 18.4 Å². The Kier molecular flexibility index (Phi) is 10.1. The first-order valence-electron chi connectivity index (χ1n) is 15.7. The lowest BCUT2D eigenvalue weighted by Gasteiger charge is -2.18. The first-order valence-corrected chi connectivity index (χ1v) is 16.8. The molecule has 4 aliphatic rings. The fraction of sp³-hybridized carbons (Fsp3) is 0.485. The number of unbranched alkanes of at least 4 members (excludes halogenated alkanes) is 1. The normalized spacial score (nSPS) is 20.2. The molecule has 0 bridgehead atoms. The van der Waals surface area contributed by atoms with Crippen LogP contribution in [0.1, 0.15) is 31.2 Å². The number of methoxy groups -OCH3 is 1. The number of thioether (sulfide) groups is 1. The van der Waals surface area contributed by atoms with Crippen LogP contribution in [0.5, 0.6) is 23.0 Å². The van der Waals surface area contributed by atoms with Crippen LogP contribution in [0.4, 0.5) is 4.79 Å². The molecule has 2 saturated heterocycles. The highest BCUT2D eigenvalue weighted by Crippen LogP contribution is 2.41. The molecule has 13 heteroatoms. The molecule has 0 spiro atoms. The van der Waals surface area contributed by atoms with Crippen molar-refractivity contribution >= 4 is 34.5 Å². The van der Waals surface area contributed by atoms with Crippen molar-refractivity contribution in [3.05, 3.63) is 42.1 Å². The van der Waals surface area contributed by atoms with Crippen LogP contribution in [0, 0.1) is 0 Å². The number of aromatic nitrogens is 1. The van der Waals surface area contributed by atoms with Crippen molar-refractivity contribution in [2.24, 2.45) is 0 Å². The van der Waals surface area contributed by atoms with Gasteiger partial charge >= 0.3 is 6.03 Å². The van der Waals surface area contributed by atoms with Gasteiger partial charge in [-0.1, -0.05) is 6.42 Å². The average Bonchev–Trinajstić information content (AvgIpc) is 3.76. The van der Waals surface area contributed by atoms with Crippen molar-refractivity contribution in [2.75, 3.05) is 46.0 Å². The van der Waals surface area contributed by atoms with Gasteiger partial charge in [-0.15, -0.1) is 0 Å². The number of halogens is 1. The van der Waals surface area contributed by atoms with Crippen molar-refractivity contribution in [1.82, 2.24) is 16.0 Å². The third-order valence-corrected chi connectivity index (χ3v) is 10.4. The summed E-state index contributed by atoms with van der Waals surface area (Å²) in [4.78, 5) is 23.8. The zero-order chi connectivity index (χ0) is 30.8. The average molecular weight is 671 g/mol. The Morgan fingerprint density at radius 3 is 2.85 bits per heavy atom. The molecule has 3 N–H and O–H groups in total. The second-order valence-corrected chi connectivity index (χ2v) is 13.0. The Balaban J connectivity index is 0.00000372. The predicted molar refractivity (Wildman–Crippen MR) is 169 cm³/mol. The molecular weight excluding hydrogens is 632 g/mol. The third-order valence-electron chi connectivity index (χ3n) is 8.92. The molecule has 3 aromatic rings. The number of nitrogens with one attached hydrogen (secondary N) is 3. The van der Waals surface area contributed by atoms with E-state index in [0.29, 0.717) is 49.5 Å². The summed E-state index contributed by atoms with van der Waals surface area (Å²) in [5, 5.41) is 11.4. The quantitative estimate of drug-likeness (QED) is 0.135. The fourth-order valence-corrected chi connectivity index (χ4v) is 8.18. The van der Waals surface area contributed by atoms with E-state index < -0.39 is 0 Å². The van der Waals surface area contributed by atoms with E-state index in [1.54, 1.807) is 7.11 Å². The first-order chi connectivity index (χ1) is 22.1. The van der Waals surface area contributed by atoms with Crippen molar-refractivity contribution in [1.29, 1.82) is 0 Å². The number of ether oxygens (including phenoxy) is 5. The summed E-state index contributed by atoms with van der Waals surface area (Å²) in [5.41, 5.74) is 3.55. The monoisotopic (exact) mass is 670 g/mol. The molecule has 4 aliphatic heterocycles. The number of rotatable bonds is 13. The fourth-order valence-electron chi connectivity index (χ4n) is 6.64. The summed E-state index contributed by atoms with van der Waals surface area (Å²) in [7, 11) is 1.65. The van der Waals surface area contributed by atoms with Crippen LogP contribution in [0.15, 0.2) is 36.5 Å². The van der Waals surface area contributed by atoms with E-state index in [4.69, 9.17) is 23.7 Å². The third kappa shape index (κ3) is 6.74. The molecule has 7 rings (SSSR count). The highest BCUT2D eigenvalue weighted by molar-refractivity contribution is 8.00. The lowest BCUT2D eigenvalue weighted by Crippen LogP contribution is -3.00. The molecule has 0 aliphatic carbocycles. The van der Waals surface area contributed by atoms with Crippen molar-refractivity contribution in [2.45, 2.75) is 56.0 Å². The Labute approximate surface area is 278 Å². The summed E-state index contributed by atoms with van der Waals surface area (Å²) in [5.74, 6) is 3.96. The predicted octanol–water partition coefficient (Wildman–Crippen LogP) is 0.329. The van der Waals surface area contributed by atoms with Crippen molar-refractivity contribution in [3.63, 3.8) is 0 Å². The molecule has 246 valence electrons. The molecule has 0 saturated carbocycles. The van der Waals surface area contributed by atoms with E-state index in [2.05, 4.69) is 51.0 Å². The van der Waals surface area contributed by atoms with E-state index in [0.717, 1.165) is 71.5 Å². The maximum absolute atomic E-state index is 12.3. The molecule has 0 unspecified atom stereocenters. The van der Waals surface area contributed by atoms with E-state index in [-0.39, 0.29) is 43.2 Å². The van der Waals surface area contributed by atoms with Gasteiger partial charge in [0.05, 0.1) is 43.4 Å². The summed E-state index contributed by atoms with van der Waals surface area (Å²) in [6.07, 6.45) is 6.35. The number of urea groups is 1. The number of hydrogen-bond donors (Lipinski definition) is 3. The van der Waals surface area contributed by atoms with Gasteiger partial charge in [-0.3, -0.25) is 4.79 Å². The van der Waals surface area contributed by atoms with E-state index in [9.17, 15) is 9.59 Å². The summed E-state index contributed by atoms with van der Waals surface area (Å²) >= 11 is 1.91. The molecule has 1 aromatic heterocycles. The number of carbonyl (C=O) groups is 2. The lowest BCUT2D eigenvalue weighted by molar-refractivity contribution is -0.686. The minimum absolute atomic E-state index is 0. The maximum Gasteiger partial charge on any atom is 0.315 e. The number of hydrogen-bond acceptors (Lipinski definition) is 8. The molecule has 2 aromatic carbocycles. The van der Waals surface area contributed by atoms with Crippen LogP contribution >= 0.6 is 11.8 Å². The van der Waals surface area contributed by atoms with Gasteiger partial charge in [0.15, 0.2) is 35.7 Å². The number of fused-ring (bicyclic) bond motifs is 6. The highest BCUT2D eigenvalue weighted by Gasteiger charge is 2.42. The molecular formula is C33H39ClN4O7S. The van der Waals surface area contributed by atoms with Gasteiger partial charge in [0.25, 0.3) is 0 Å². The van der Waals surface area contributed by atoms with Gasteiger partial charge in [-0.2, -0.15) is 16.3 Å². The maximum atomic E-state index is 12.3. The Morgan fingerprint density at radius 2 is 1.98 bits per heavy atom. The molecule has 3 amide bonds. The summed E-state index contributed by atoms with van der Waals surface area (Å²) in [6.45, 7) is 2.73. The van der Waals surface area contributed by atoms with Crippen LogP contribution in [-0.2, 0) is 22.5 Å². The molecule has 3 atom stereocenters. The summed E-state index contributed by atoms with van der Waals surface area (Å²) < 4.78 is 31.1. The van der Waals surface area contributed by atoms with E-state index in [1.165, 1.54) is 5.56 Å². The van der Waals surface area contributed by atoms with Crippen LogP contribution in [0.3, 0.4) is 0 Å². The molecule has 5 heterocycles. The summed E-state index contributed by atoms with van der Waals surface area (Å²) in [6, 6.07) is 10.8. The Bertz CT molecular complexity index is 1610.